The molecule has 0 N–H and O–H groups in total. The Bertz CT molecular complexity index is 505. The van der Waals surface area contributed by atoms with Crippen molar-refractivity contribution in [3.05, 3.63) is 42.5 Å². The Balaban J connectivity index is 2.13. The van der Waals surface area contributed by atoms with E-state index in [0.29, 0.717) is 6.61 Å². The molecule has 0 aliphatic carbocycles. The zero-order valence-corrected chi connectivity index (χ0v) is 10.8. The molecule has 2 aromatic rings. The third kappa shape index (κ3) is 3.51. The predicted octanol–water partition coefficient (Wildman–Crippen LogP) is 3.02. The number of benzene rings is 1. The largest absolute Gasteiger partial charge is 0.384 e. The van der Waals surface area contributed by atoms with Gasteiger partial charge in [0, 0.05) is 18.4 Å². The molecule has 0 saturated heterocycles. The first-order valence-corrected chi connectivity index (χ1v) is 6.48. The molecule has 0 aliphatic rings. The van der Waals surface area contributed by atoms with Gasteiger partial charge in [0.25, 0.3) is 0 Å². The lowest BCUT2D eigenvalue weighted by atomic mass is 10.1. The highest BCUT2D eigenvalue weighted by Crippen LogP contribution is 2.21. The first kappa shape index (κ1) is 13.0. The van der Waals surface area contributed by atoms with Crippen molar-refractivity contribution in [3.63, 3.8) is 0 Å². The molecule has 0 spiro atoms. The Kier molecular flexibility index (Phi) is 4.66. The monoisotopic (exact) mass is 264 g/mol. The lowest BCUT2D eigenvalue weighted by molar-refractivity contribution is 0.218. The number of halogens is 1. The van der Waals surface area contributed by atoms with Gasteiger partial charge >= 0.3 is 0 Å². The zero-order chi connectivity index (χ0) is 12.8. The standard InChI is InChI=1S/C13H13FN2OS/c1-17-6-7-18-13-8-12(15-9-16-13)10-2-4-11(14)5-3-10/h2-5,8-9H,6-7H2,1H3. The second-order valence-corrected chi connectivity index (χ2v) is 4.70. The van der Waals surface area contributed by atoms with E-state index >= 15 is 0 Å². The first-order chi connectivity index (χ1) is 8.79. The van der Waals surface area contributed by atoms with E-state index in [-0.39, 0.29) is 5.82 Å². The maximum Gasteiger partial charge on any atom is 0.123 e. The van der Waals surface area contributed by atoms with Crippen LogP contribution in [0.4, 0.5) is 4.39 Å². The van der Waals surface area contributed by atoms with Crippen LogP contribution in [0.3, 0.4) is 0 Å². The van der Waals surface area contributed by atoms with Gasteiger partial charge in [-0.1, -0.05) is 0 Å². The van der Waals surface area contributed by atoms with Crippen molar-refractivity contribution < 1.29 is 9.13 Å². The maximum atomic E-state index is 12.8. The van der Waals surface area contributed by atoms with Crippen molar-refractivity contribution in [2.24, 2.45) is 0 Å². The Labute approximate surface area is 109 Å². The average Bonchev–Trinajstić information content (AvgIpc) is 2.40. The number of nitrogens with zero attached hydrogens (tertiary/aromatic N) is 2. The van der Waals surface area contributed by atoms with E-state index in [4.69, 9.17) is 4.74 Å². The summed E-state index contributed by atoms with van der Waals surface area (Å²) in [6.45, 7) is 0.681. The van der Waals surface area contributed by atoms with Gasteiger partial charge in [0.2, 0.25) is 0 Å². The Morgan fingerprint density at radius 2 is 2.00 bits per heavy atom. The lowest BCUT2D eigenvalue weighted by Gasteiger charge is -2.03. The van der Waals surface area contributed by atoms with Crippen molar-refractivity contribution >= 4 is 11.8 Å². The smallest absolute Gasteiger partial charge is 0.123 e. The van der Waals surface area contributed by atoms with Gasteiger partial charge in [-0.25, -0.2) is 14.4 Å². The SMILES string of the molecule is COCCSc1cc(-c2ccc(F)cc2)ncn1. The number of ether oxygens (including phenoxy) is 1. The molecule has 18 heavy (non-hydrogen) atoms. The van der Waals surface area contributed by atoms with Crippen LogP contribution in [0.1, 0.15) is 0 Å². The van der Waals surface area contributed by atoms with E-state index in [2.05, 4.69) is 9.97 Å². The summed E-state index contributed by atoms with van der Waals surface area (Å²) in [7, 11) is 1.67. The molecule has 0 aliphatic heterocycles. The topological polar surface area (TPSA) is 35.0 Å². The van der Waals surface area contributed by atoms with Crippen LogP contribution in [0, 0.1) is 5.82 Å². The highest BCUT2D eigenvalue weighted by Gasteiger charge is 2.02. The molecular weight excluding hydrogens is 251 g/mol. The third-order valence-corrected chi connectivity index (χ3v) is 3.21. The van der Waals surface area contributed by atoms with E-state index in [1.165, 1.54) is 18.5 Å². The molecule has 1 aromatic carbocycles. The molecule has 3 nitrogen and oxygen atoms in total. The van der Waals surface area contributed by atoms with Gasteiger partial charge in [-0.2, -0.15) is 0 Å². The van der Waals surface area contributed by atoms with Gasteiger partial charge < -0.3 is 4.74 Å². The summed E-state index contributed by atoms with van der Waals surface area (Å²) < 4.78 is 17.8. The summed E-state index contributed by atoms with van der Waals surface area (Å²) in [6.07, 6.45) is 1.52. The van der Waals surface area contributed by atoms with Crippen LogP contribution < -0.4 is 0 Å². The average molecular weight is 264 g/mol. The summed E-state index contributed by atoms with van der Waals surface area (Å²) in [5.74, 6) is 0.596. The molecule has 0 radical (unpaired) electrons. The Morgan fingerprint density at radius 3 is 2.72 bits per heavy atom. The minimum atomic E-state index is -0.248. The molecule has 0 bridgehead atoms. The quantitative estimate of drug-likeness (QED) is 0.472. The second-order valence-electron chi connectivity index (χ2n) is 3.59. The number of hydrogen-bond acceptors (Lipinski definition) is 4. The van der Waals surface area contributed by atoms with E-state index in [0.717, 1.165) is 22.0 Å². The minimum Gasteiger partial charge on any atom is -0.384 e. The van der Waals surface area contributed by atoms with Crippen LogP contribution in [0.5, 0.6) is 0 Å². The Morgan fingerprint density at radius 1 is 1.22 bits per heavy atom. The molecular formula is C13H13FN2OS. The summed E-state index contributed by atoms with van der Waals surface area (Å²) >= 11 is 1.61. The van der Waals surface area contributed by atoms with E-state index in [9.17, 15) is 4.39 Å². The third-order valence-electron chi connectivity index (χ3n) is 2.32. The van der Waals surface area contributed by atoms with Gasteiger partial charge in [0.15, 0.2) is 0 Å². The van der Waals surface area contributed by atoms with Crippen LogP contribution in [0.2, 0.25) is 0 Å². The van der Waals surface area contributed by atoms with Gasteiger partial charge in [0.1, 0.15) is 17.2 Å². The zero-order valence-electron chi connectivity index (χ0n) is 9.97. The van der Waals surface area contributed by atoms with Crippen molar-refractivity contribution in [1.82, 2.24) is 9.97 Å². The van der Waals surface area contributed by atoms with Crippen LogP contribution in [-0.2, 0) is 4.74 Å². The highest BCUT2D eigenvalue weighted by molar-refractivity contribution is 7.99. The first-order valence-electron chi connectivity index (χ1n) is 5.49. The van der Waals surface area contributed by atoms with Crippen LogP contribution in [-0.4, -0.2) is 29.4 Å². The molecule has 94 valence electrons. The molecule has 2 rings (SSSR count). The molecule has 0 fully saturated rings. The van der Waals surface area contributed by atoms with Crippen LogP contribution >= 0.6 is 11.8 Å². The summed E-state index contributed by atoms with van der Waals surface area (Å²) in [5, 5.41) is 0.890. The second kappa shape index (κ2) is 6.47. The van der Waals surface area contributed by atoms with Crippen molar-refractivity contribution in [2.75, 3.05) is 19.5 Å². The number of aromatic nitrogens is 2. The van der Waals surface area contributed by atoms with Crippen molar-refractivity contribution in [2.45, 2.75) is 5.03 Å². The van der Waals surface area contributed by atoms with Gasteiger partial charge in [0.05, 0.1) is 12.3 Å². The van der Waals surface area contributed by atoms with Crippen LogP contribution in [0.15, 0.2) is 41.7 Å². The van der Waals surface area contributed by atoms with Gasteiger partial charge in [-0.15, -0.1) is 11.8 Å². The minimum absolute atomic E-state index is 0.248. The summed E-state index contributed by atoms with van der Waals surface area (Å²) in [4.78, 5) is 8.37. The molecule has 0 amide bonds. The number of methoxy groups -OCH3 is 1. The molecule has 1 heterocycles. The molecule has 5 heteroatoms. The van der Waals surface area contributed by atoms with Crippen molar-refractivity contribution in [3.8, 4) is 11.3 Å². The van der Waals surface area contributed by atoms with E-state index in [1.54, 1.807) is 31.0 Å². The predicted molar refractivity (Wildman–Crippen MR) is 70.0 cm³/mol. The highest BCUT2D eigenvalue weighted by atomic mass is 32.2. The number of thioether (sulfide) groups is 1. The lowest BCUT2D eigenvalue weighted by Crippen LogP contribution is -1.93. The summed E-state index contributed by atoms with van der Waals surface area (Å²) in [5.41, 5.74) is 1.68. The van der Waals surface area contributed by atoms with E-state index < -0.39 is 0 Å². The number of hydrogen-bond donors (Lipinski definition) is 0. The van der Waals surface area contributed by atoms with Gasteiger partial charge in [-0.05, 0) is 30.3 Å². The fourth-order valence-corrected chi connectivity index (χ4v) is 2.20. The van der Waals surface area contributed by atoms with Crippen LogP contribution in [0.25, 0.3) is 11.3 Å². The van der Waals surface area contributed by atoms with E-state index in [1.807, 2.05) is 6.07 Å². The van der Waals surface area contributed by atoms with Gasteiger partial charge in [-0.3, -0.25) is 0 Å². The number of rotatable bonds is 5. The molecule has 1 aromatic heterocycles. The molecule has 0 unspecified atom stereocenters. The fraction of sp³-hybridized carbons (Fsp3) is 0.231. The summed E-state index contributed by atoms with van der Waals surface area (Å²) in [6, 6.07) is 8.17. The molecule has 0 saturated carbocycles. The maximum absolute atomic E-state index is 12.8. The molecule has 0 atom stereocenters. The fourth-order valence-electron chi connectivity index (χ4n) is 1.43. The normalized spacial score (nSPS) is 10.6. The van der Waals surface area contributed by atoms with Crippen molar-refractivity contribution in [1.29, 1.82) is 0 Å². The Hall–Kier alpha value is -1.46.